The molecule has 1 aromatic carbocycles. The van der Waals surface area contributed by atoms with Gasteiger partial charge in [0.05, 0.1) is 18.2 Å². The monoisotopic (exact) mass is 240 g/mol. The van der Waals surface area contributed by atoms with Gasteiger partial charge in [0.2, 0.25) is 0 Å². The lowest BCUT2D eigenvalue weighted by Crippen LogP contribution is -1.92. The van der Waals surface area contributed by atoms with Gasteiger partial charge in [0.15, 0.2) is 0 Å². The number of nitrogens with zero attached hydrogens (tertiary/aromatic N) is 2. The molecule has 1 aromatic heterocycles. The Kier molecular flexibility index (Phi) is 3.98. The number of hydrogen-bond acceptors (Lipinski definition) is 1. The van der Waals surface area contributed by atoms with Crippen molar-refractivity contribution in [1.29, 1.82) is 0 Å². The molecular formula is C16H20N2. The number of imidazole rings is 1. The maximum atomic E-state index is 4.10. The van der Waals surface area contributed by atoms with Crippen LogP contribution >= 0.6 is 0 Å². The van der Waals surface area contributed by atoms with Crippen LogP contribution in [0.4, 0.5) is 0 Å². The summed E-state index contributed by atoms with van der Waals surface area (Å²) in [5.74, 6) is 0. The SMILES string of the molecule is Cc1cccc(C)c1CCC=Cc1cncn1C. The largest absolute Gasteiger partial charge is 0.334 e. The zero-order chi connectivity index (χ0) is 13.0. The van der Waals surface area contributed by atoms with Crippen LogP contribution in [0, 0.1) is 13.8 Å². The van der Waals surface area contributed by atoms with E-state index in [1.165, 1.54) is 16.7 Å². The van der Waals surface area contributed by atoms with E-state index in [0.717, 1.165) is 18.5 Å². The van der Waals surface area contributed by atoms with E-state index in [1.54, 1.807) is 0 Å². The Morgan fingerprint density at radius 2 is 1.94 bits per heavy atom. The number of aryl methyl sites for hydroxylation is 3. The molecule has 0 amide bonds. The summed E-state index contributed by atoms with van der Waals surface area (Å²) in [5, 5.41) is 0. The molecule has 2 heteroatoms. The number of benzene rings is 1. The van der Waals surface area contributed by atoms with Gasteiger partial charge >= 0.3 is 0 Å². The first-order valence-electron chi connectivity index (χ1n) is 6.36. The molecule has 0 saturated carbocycles. The molecule has 94 valence electrons. The molecule has 0 unspecified atom stereocenters. The molecule has 0 aliphatic rings. The number of rotatable bonds is 4. The Morgan fingerprint density at radius 3 is 2.56 bits per heavy atom. The standard InChI is InChI=1S/C16H20N2/c1-13-7-6-8-14(2)16(13)10-5-4-9-15-11-17-12-18(15)3/h4,6-9,11-12H,5,10H2,1-3H3. The maximum absolute atomic E-state index is 4.10. The van der Waals surface area contributed by atoms with Gasteiger partial charge in [-0.15, -0.1) is 0 Å². The average molecular weight is 240 g/mol. The van der Waals surface area contributed by atoms with Crippen LogP contribution < -0.4 is 0 Å². The van der Waals surface area contributed by atoms with Crippen LogP contribution in [0.15, 0.2) is 36.8 Å². The third-order valence-electron chi connectivity index (χ3n) is 3.35. The Morgan fingerprint density at radius 1 is 1.22 bits per heavy atom. The number of aromatic nitrogens is 2. The van der Waals surface area contributed by atoms with Crippen LogP contribution in [0.1, 0.15) is 28.8 Å². The highest BCUT2D eigenvalue weighted by atomic mass is 15.0. The predicted octanol–water partition coefficient (Wildman–Crippen LogP) is 3.68. The molecule has 2 rings (SSSR count). The Hall–Kier alpha value is -1.83. The van der Waals surface area contributed by atoms with Gasteiger partial charge in [-0.05, 0) is 49.5 Å². The van der Waals surface area contributed by atoms with Gasteiger partial charge in [-0.25, -0.2) is 4.98 Å². The fraction of sp³-hybridized carbons (Fsp3) is 0.312. The lowest BCUT2D eigenvalue weighted by molar-refractivity contribution is 0.900. The van der Waals surface area contributed by atoms with Crippen LogP contribution in [0.3, 0.4) is 0 Å². The summed E-state index contributed by atoms with van der Waals surface area (Å²) < 4.78 is 2.02. The van der Waals surface area contributed by atoms with E-state index < -0.39 is 0 Å². The zero-order valence-electron chi connectivity index (χ0n) is 11.4. The molecule has 0 aliphatic carbocycles. The normalized spacial score (nSPS) is 11.3. The van der Waals surface area contributed by atoms with E-state index in [1.807, 2.05) is 24.1 Å². The van der Waals surface area contributed by atoms with Crippen molar-refractivity contribution in [3.8, 4) is 0 Å². The summed E-state index contributed by atoms with van der Waals surface area (Å²) in [6.45, 7) is 4.38. The highest BCUT2D eigenvalue weighted by Gasteiger charge is 2.00. The molecule has 0 fully saturated rings. The first-order chi connectivity index (χ1) is 8.68. The van der Waals surface area contributed by atoms with Crippen LogP contribution in [0.5, 0.6) is 0 Å². The van der Waals surface area contributed by atoms with Gasteiger partial charge in [-0.2, -0.15) is 0 Å². The van der Waals surface area contributed by atoms with Crippen molar-refractivity contribution in [2.45, 2.75) is 26.7 Å². The molecule has 2 aromatic rings. The molecule has 0 N–H and O–H groups in total. The molecule has 0 spiro atoms. The van der Waals surface area contributed by atoms with Crippen molar-refractivity contribution in [2.75, 3.05) is 0 Å². The molecule has 0 radical (unpaired) electrons. The van der Waals surface area contributed by atoms with Crippen molar-refractivity contribution >= 4 is 6.08 Å². The highest BCUT2D eigenvalue weighted by molar-refractivity contribution is 5.44. The van der Waals surface area contributed by atoms with E-state index in [2.05, 4.69) is 49.2 Å². The third kappa shape index (κ3) is 2.89. The summed E-state index contributed by atoms with van der Waals surface area (Å²) in [5.41, 5.74) is 5.41. The van der Waals surface area contributed by atoms with Crippen molar-refractivity contribution in [3.63, 3.8) is 0 Å². The number of hydrogen-bond donors (Lipinski definition) is 0. The minimum atomic E-state index is 1.07. The Balaban J connectivity index is 1.97. The summed E-state index contributed by atoms with van der Waals surface area (Å²) in [7, 11) is 2.01. The first kappa shape index (κ1) is 12.6. The molecule has 2 nitrogen and oxygen atoms in total. The lowest BCUT2D eigenvalue weighted by atomic mass is 9.98. The third-order valence-corrected chi connectivity index (χ3v) is 3.35. The van der Waals surface area contributed by atoms with E-state index in [0.29, 0.717) is 0 Å². The van der Waals surface area contributed by atoms with Crippen LogP contribution in [0.2, 0.25) is 0 Å². The van der Waals surface area contributed by atoms with Gasteiger partial charge in [0.25, 0.3) is 0 Å². The second-order valence-corrected chi connectivity index (χ2v) is 4.74. The molecule has 0 saturated heterocycles. The maximum Gasteiger partial charge on any atom is 0.0948 e. The van der Waals surface area contributed by atoms with E-state index >= 15 is 0 Å². The zero-order valence-corrected chi connectivity index (χ0v) is 11.4. The Bertz CT molecular complexity index is 530. The molecular weight excluding hydrogens is 220 g/mol. The van der Waals surface area contributed by atoms with E-state index in [-0.39, 0.29) is 0 Å². The topological polar surface area (TPSA) is 17.8 Å². The van der Waals surface area contributed by atoms with E-state index in [4.69, 9.17) is 0 Å². The second kappa shape index (κ2) is 5.67. The Labute approximate surface area is 109 Å². The van der Waals surface area contributed by atoms with Gasteiger partial charge < -0.3 is 4.57 Å². The molecule has 0 atom stereocenters. The van der Waals surface area contributed by atoms with Crippen LogP contribution in [-0.4, -0.2) is 9.55 Å². The van der Waals surface area contributed by atoms with Crippen LogP contribution in [0.25, 0.3) is 6.08 Å². The van der Waals surface area contributed by atoms with E-state index in [9.17, 15) is 0 Å². The first-order valence-corrected chi connectivity index (χ1v) is 6.36. The number of allylic oxidation sites excluding steroid dienone is 1. The van der Waals surface area contributed by atoms with Crippen molar-refractivity contribution in [1.82, 2.24) is 9.55 Å². The van der Waals surface area contributed by atoms with Crippen LogP contribution in [-0.2, 0) is 13.5 Å². The summed E-state index contributed by atoms with van der Waals surface area (Å²) in [4.78, 5) is 4.10. The lowest BCUT2D eigenvalue weighted by Gasteiger charge is -2.07. The highest BCUT2D eigenvalue weighted by Crippen LogP contribution is 2.15. The predicted molar refractivity (Wildman–Crippen MR) is 76.5 cm³/mol. The summed E-state index contributed by atoms with van der Waals surface area (Å²) >= 11 is 0. The summed E-state index contributed by atoms with van der Waals surface area (Å²) in [6.07, 6.45) is 10.2. The van der Waals surface area contributed by atoms with Gasteiger partial charge in [-0.1, -0.05) is 24.3 Å². The van der Waals surface area contributed by atoms with Gasteiger partial charge in [0, 0.05) is 7.05 Å². The average Bonchev–Trinajstić information content (AvgIpc) is 2.73. The smallest absolute Gasteiger partial charge is 0.0948 e. The van der Waals surface area contributed by atoms with Crippen molar-refractivity contribution in [2.24, 2.45) is 7.05 Å². The fourth-order valence-corrected chi connectivity index (χ4v) is 2.20. The molecule has 1 heterocycles. The minimum absolute atomic E-state index is 1.07. The fourth-order valence-electron chi connectivity index (χ4n) is 2.20. The molecule has 0 bridgehead atoms. The second-order valence-electron chi connectivity index (χ2n) is 4.74. The van der Waals surface area contributed by atoms with Crippen molar-refractivity contribution < 1.29 is 0 Å². The summed E-state index contributed by atoms with van der Waals surface area (Å²) in [6, 6.07) is 6.50. The quantitative estimate of drug-likeness (QED) is 0.797. The molecule has 18 heavy (non-hydrogen) atoms. The minimum Gasteiger partial charge on any atom is -0.334 e. The van der Waals surface area contributed by atoms with Gasteiger partial charge in [0.1, 0.15) is 0 Å². The van der Waals surface area contributed by atoms with Gasteiger partial charge in [-0.3, -0.25) is 0 Å². The molecule has 0 aliphatic heterocycles. The van der Waals surface area contributed by atoms with Crippen molar-refractivity contribution in [3.05, 3.63) is 59.2 Å².